The molecule has 18 heavy (non-hydrogen) atoms. The number of nitrogens with zero attached hydrogens (tertiary/aromatic N) is 1. The van der Waals surface area contributed by atoms with Crippen molar-refractivity contribution in [3.05, 3.63) is 37.9 Å². The molecule has 0 fully saturated rings. The number of hydrogen-bond acceptors (Lipinski definition) is 4. The van der Waals surface area contributed by atoms with Gasteiger partial charge in [0, 0.05) is 17.7 Å². The van der Waals surface area contributed by atoms with E-state index in [-0.39, 0.29) is 22.2 Å². The zero-order valence-corrected chi connectivity index (χ0v) is 10.8. The minimum absolute atomic E-state index is 0.0106. The lowest BCUT2D eigenvalue weighted by molar-refractivity contribution is -0.384. The fourth-order valence-corrected chi connectivity index (χ4v) is 1.58. The topological polar surface area (TPSA) is 92.5 Å². The monoisotopic (exact) mass is 292 g/mol. The molecular weight excluding hydrogens is 283 g/mol. The third-order valence-electron chi connectivity index (χ3n) is 2.12. The van der Waals surface area contributed by atoms with Crippen LogP contribution in [0.1, 0.15) is 17.3 Å². The Hall–Kier alpha value is -1.37. The number of nitro benzene ring substituents is 1. The van der Waals surface area contributed by atoms with E-state index in [1.807, 2.05) is 0 Å². The summed E-state index contributed by atoms with van der Waals surface area (Å²) in [5.41, 5.74) is -0.428. The molecule has 1 aromatic rings. The van der Waals surface area contributed by atoms with Crippen molar-refractivity contribution in [2.45, 2.75) is 13.0 Å². The van der Waals surface area contributed by atoms with Crippen molar-refractivity contribution in [2.24, 2.45) is 0 Å². The number of aliphatic hydroxyl groups is 1. The van der Waals surface area contributed by atoms with Gasteiger partial charge in [0.25, 0.3) is 11.6 Å². The second-order valence-corrected chi connectivity index (χ2v) is 4.39. The van der Waals surface area contributed by atoms with E-state index in [0.717, 1.165) is 6.07 Å². The Morgan fingerprint density at radius 3 is 2.67 bits per heavy atom. The molecule has 0 saturated carbocycles. The zero-order chi connectivity index (χ0) is 13.9. The number of rotatable bonds is 4. The first-order valence-corrected chi connectivity index (χ1v) is 5.67. The number of hydrogen-bond donors (Lipinski definition) is 2. The van der Waals surface area contributed by atoms with E-state index in [1.54, 1.807) is 6.92 Å². The molecule has 0 spiro atoms. The summed E-state index contributed by atoms with van der Waals surface area (Å²) in [4.78, 5) is 21.7. The Morgan fingerprint density at radius 1 is 1.56 bits per heavy atom. The number of halogens is 2. The van der Waals surface area contributed by atoms with E-state index in [2.05, 4.69) is 5.32 Å². The maximum absolute atomic E-state index is 11.7. The fourth-order valence-electron chi connectivity index (χ4n) is 1.19. The van der Waals surface area contributed by atoms with E-state index in [1.165, 1.54) is 6.07 Å². The highest BCUT2D eigenvalue weighted by Gasteiger charge is 2.20. The quantitative estimate of drug-likeness (QED) is 0.656. The van der Waals surface area contributed by atoms with E-state index in [9.17, 15) is 14.9 Å². The van der Waals surface area contributed by atoms with Crippen LogP contribution in [0.4, 0.5) is 5.69 Å². The summed E-state index contributed by atoms with van der Waals surface area (Å²) >= 11 is 11.4. The molecule has 1 amide bonds. The second kappa shape index (κ2) is 5.99. The normalized spacial score (nSPS) is 12.0. The van der Waals surface area contributed by atoms with Gasteiger partial charge < -0.3 is 10.4 Å². The maximum atomic E-state index is 11.7. The van der Waals surface area contributed by atoms with Crippen LogP contribution in [0, 0.1) is 10.1 Å². The van der Waals surface area contributed by atoms with Crippen LogP contribution in [0.5, 0.6) is 0 Å². The summed E-state index contributed by atoms with van der Waals surface area (Å²) in [5.74, 6) is -0.571. The van der Waals surface area contributed by atoms with Crippen LogP contribution >= 0.6 is 23.2 Å². The highest BCUT2D eigenvalue weighted by molar-refractivity contribution is 6.43. The molecule has 0 aliphatic heterocycles. The van der Waals surface area contributed by atoms with Gasteiger partial charge in [0.15, 0.2) is 0 Å². The summed E-state index contributed by atoms with van der Waals surface area (Å²) in [6.45, 7) is 1.35. The van der Waals surface area contributed by atoms with E-state index >= 15 is 0 Å². The Morgan fingerprint density at radius 2 is 2.17 bits per heavy atom. The van der Waals surface area contributed by atoms with Crippen LogP contribution < -0.4 is 5.32 Å². The average Bonchev–Trinajstić information content (AvgIpc) is 2.31. The predicted molar refractivity (Wildman–Crippen MR) is 67.1 cm³/mol. The molecule has 0 bridgehead atoms. The first-order chi connectivity index (χ1) is 8.36. The largest absolute Gasteiger partial charge is 0.394 e. The number of aliphatic hydroxyl groups excluding tert-OH is 1. The van der Waals surface area contributed by atoms with Gasteiger partial charge in [-0.15, -0.1) is 0 Å². The third-order valence-corrected chi connectivity index (χ3v) is 2.91. The van der Waals surface area contributed by atoms with Gasteiger partial charge in [0.1, 0.15) is 5.02 Å². The van der Waals surface area contributed by atoms with Crippen molar-refractivity contribution in [1.29, 1.82) is 0 Å². The number of benzene rings is 1. The first-order valence-electron chi connectivity index (χ1n) is 4.92. The smallest absolute Gasteiger partial charge is 0.290 e. The van der Waals surface area contributed by atoms with Crippen molar-refractivity contribution in [1.82, 2.24) is 5.32 Å². The molecule has 0 aliphatic rings. The molecule has 6 nitrogen and oxygen atoms in total. The highest BCUT2D eigenvalue weighted by Crippen LogP contribution is 2.32. The van der Waals surface area contributed by atoms with Crippen molar-refractivity contribution in [3.8, 4) is 0 Å². The van der Waals surface area contributed by atoms with Crippen LogP contribution in [-0.2, 0) is 0 Å². The average molecular weight is 293 g/mol. The molecule has 1 aromatic carbocycles. The molecule has 0 aliphatic carbocycles. The molecule has 1 atom stereocenters. The Bertz CT molecular complexity index is 493. The Balaban J connectivity index is 3.11. The van der Waals surface area contributed by atoms with Crippen LogP contribution in [0.25, 0.3) is 0 Å². The molecule has 0 unspecified atom stereocenters. The molecule has 98 valence electrons. The standard InChI is InChI=1S/C10H10Cl2N2O4/c1-5(4-15)13-10(16)6-2-7(11)9(12)8(3-6)14(17)18/h2-3,5,15H,4H2,1H3,(H,13,16)/t5-/m1/s1. The van der Waals surface area contributed by atoms with E-state index < -0.39 is 22.6 Å². The van der Waals surface area contributed by atoms with Gasteiger partial charge in [-0.25, -0.2) is 0 Å². The fraction of sp³-hybridized carbons (Fsp3) is 0.300. The molecule has 0 heterocycles. The summed E-state index contributed by atoms with van der Waals surface area (Å²) < 4.78 is 0. The Labute approximate surface area is 113 Å². The molecular formula is C10H10Cl2N2O4. The van der Waals surface area contributed by atoms with Crippen LogP contribution in [0.2, 0.25) is 10.0 Å². The van der Waals surface area contributed by atoms with Crippen molar-refractivity contribution in [2.75, 3.05) is 6.61 Å². The van der Waals surface area contributed by atoms with Gasteiger partial charge >= 0.3 is 0 Å². The zero-order valence-electron chi connectivity index (χ0n) is 9.31. The minimum atomic E-state index is -0.722. The molecule has 1 rings (SSSR count). The summed E-state index contributed by atoms with van der Waals surface area (Å²) in [5, 5.41) is 21.7. The molecule has 0 radical (unpaired) electrons. The van der Waals surface area contributed by atoms with Gasteiger partial charge in [-0.3, -0.25) is 14.9 Å². The number of nitrogens with one attached hydrogen (secondary N) is 1. The molecule has 2 N–H and O–H groups in total. The lowest BCUT2D eigenvalue weighted by Crippen LogP contribution is -2.35. The van der Waals surface area contributed by atoms with Gasteiger partial charge in [0.05, 0.1) is 16.6 Å². The number of carbonyl (C=O) groups excluding carboxylic acids is 1. The van der Waals surface area contributed by atoms with Crippen LogP contribution in [0.15, 0.2) is 12.1 Å². The van der Waals surface area contributed by atoms with Gasteiger partial charge in [0.2, 0.25) is 0 Å². The minimum Gasteiger partial charge on any atom is -0.394 e. The summed E-state index contributed by atoms with van der Waals surface area (Å²) in [6.07, 6.45) is 0. The molecule has 0 saturated heterocycles. The Kier molecular flexibility index (Phi) is 4.89. The maximum Gasteiger partial charge on any atom is 0.290 e. The third kappa shape index (κ3) is 3.32. The van der Waals surface area contributed by atoms with Gasteiger partial charge in [-0.1, -0.05) is 23.2 Å². The molecule has 0 aromatic heterocycles. The highest BCUT2D eigenvalue weighted by atomic mass is 35.5. The lowest BCUT2D eigenvalue weighted by Gasteiger charge is -2.11. The van der Waals surface area contributed by atoms with Crippen LogP contribution in [-0.4, -0.2) is 28.6 Å². The van der Waals surface area contributed by atoms with Crippen LogP contribution in [0.3, 0.4) is 0 Å². The predicted octanol–water partition coefficient (Wildman–Crippen LogP) is 2.01. The summed E-state index contributed by atoms with van der Waals surface area (Å²) in [6, 6.07) is 1.80. The SMILES string of the molecule is C[C@H](CO)NC(=O)c1cc(Cl)c(Cl)c([N+](=O)[O-])c1. The second-order valence-electron chi connectivity index (χ2n) is 3.61. The summed E-state index contributed by atoms with van der Waals surface area (Å²) in [7, 11) is 0. The lowest BCUT2D eigenvalue weighted by atomic mass is 10.1. The number of carbonyl (C=O) groups is 1. The van der Waals surface area contributed by atoms with Crippen molar-refractivity contribution < 1.29 is 14.8 Å². The molecule has 8 heteroatoms. The van der Waals surface area contributed by atoms with E-state index in [0.29, 0.717) is 0 Å². The van der Waals surface area contributed by atoms with Gasteiger partial charge in [-0.05, 0) is 13.0 Å². The first kappa shape index (κ1) is 14.7. The van der Waals surface area contributed by atoms with E-state index in [4.69, 9.17) is 28.3 Å². The number of amides is 1. The van der Waals surface area contributed by atoms with Crippen molar-refractivity contribution in [3.63, 3.8) is 0 Å². The number of nitro groups is 1. The van der Waals surface area contributed by atoms with Crippen molar-refractivity contribution >= 4 is 34.8 Å². The van der Waals surface area contributed by atoms with Gasteiger partial charge in [-0.2, -0.15) is 0 Å².